The topological polar surface area (TPSA) is 52.1 Å². The summed E-state index contributed by atoms with van der Waals surface area (Å²) >= 11 is 0. The Labute approximate surface area is 271 Å². The largest absolute Gasteiger partial charge is 0.444 e. The molecule has 2 aromatic heterocycles. The van der Waals surface area contributed by atoms with Crippen LogP contribution in [0.15, 0.2) is 167 Å². The lowest BCUT2D eigenvalue weighted by Gasteiger charge is -2.31. The van der Waals surface area contributed by atoms with Crippen molar-refractivity contribution >= 4 is 0 Å². The van der Waals surface area contributed by atoms with E-state index in [1.807, 2.05) is 0 Å². The fourth-order valence-electron chi connectivity index (χ4n) is 7.92. The molecule has 220 valence electrons. The normalized spacial score (nSPS) is 13.3. The third-order valence-electron chi connectivity index (χ3n) is 9.92. The lowest BCUT2D eigenvalue weighted by Crippen LogP contribution is -2.26. The minimum Gasteiger partial charge on any atom is -0.444 e. The van der Waals surface area contributed by atoms with Crippen molar-refractivity contribution in [3.8, 4) is 67.2 Å². The van der Waals surface area contributed by atoms with Gasteiger partial charge in [-0.25, -0.2) is 9.97 Å². The summed E-state index contributed by atoms with van der Waals surface area (Å²) in [5.41, 5.74) is 16.5. The first kappa shape index (κ1) is 26.0. The number of fused-ring (bicyclic) bond motifs is 10. The second-order valence-corrected chi connectivity index (χ2v) is 12.3. The second-order valence-electron chi connectivity index (χ2n) is 12.3. The summed E-state index contributed by atoms with van der Waals surface area (Å²) < 4.78 is 11.3. The molecule has 0 saturated carbocycles. The van der Waals surface area contributed by atoms with Gasteiger partial charge in [-0.3, -0.25) is 0 Å². The fourth-order valence-corrected chi connectivity index (χ4v) is 7.92. The van der Waals surface area contributed by atoms with E-state index in [0.717, 1.165) is 33.8 Å². The van der Waals surface area contributed by atoms with Crippen molar-refractivity contribution in [1.29, 1.82) is 0 Å². The molecule has 0 fully saturated rings. The van der Waals surface area contributed by atoms with Crippen LogP contribution in [0.5, 0.6) is 0 Å². The number of oxazole rings is 2. The lowest BCUT2D eigenvalue weighted by atomic mass is 9.70. The number of nitrogens with zero attached hydrogens (tertiary/aromatic N) is 2. The van der Waals surface area contributed by atoms with Gasteiger partial charge in [-0.2, -0.15) is 0 Å². The Morgan fingerprint density at radius 2 is 0.787 bits per heavy atom. The van der Waals surface area contributed by atoms with Gasteiger partial charge in [0.25, 0.3) is 0 Å². The average molecular weight is 603 g/mol. The maximum atomic E-state index is 5.64. The zero-order chi connectivity index (χ0) is 31.0. The molecule has 4 nitrogen and oxygen atoms in total. The number of hydrogen-bond donors (Lipinski definition) is 0. The van der Waals surface area contributed by atoms with E-state index in [1.54, 1.807) is 12.4 Å². The highest BCUT2D eigenvalue weighted by Gasteiger charge is 2.51. The summed E-state index contributed by atoms with van der Waals surface area (Å²) in [6.45, 7) is 0. The standard InChI is InChI=1S/C43H26N2O2/c1-3-13-37-33(11-1)34-12-2-4-14-38(34)43(37)39-21-29(27-7-5-9-31(19-27)41-23-44-25-46-41)15-17-35(39)36-18-16-30(22-40(36)43)28-8-6-10-32(20-28)42-24-45-26-47-42/h1-26H. The van der Waals surface area contributed by atoms with Crippen LogP contribution in [0, 0.1) is 0 Å². The van der Waals surface area contributed by atoms with Gasteiger partial charge in [0, 0.05) is 11.1 Å². The molecule has 2 heterocycles. The van der Waals surface area contributed by atoms with E-state index in [9.17, 15) is 0 Å². The molecule has 0 radical (unpaired) electrons. The predicted octanol–water partition coefficient (Wildman–Crippen LogP) is 10.7. The van der Waals surface area contributed by atoms with Crippen molar-refractivity contribution in [2.75, 3.05) is 0 Å². The molecule has 0 amide bonds. The molecule has 0 saturated heterocycles. The van der Waals surface area contributed by atoms with Gasteiger partial charge in [0.15, 0.2) is 24.3 Å². The number of hydrogen-bond acceptors (Lipinski definition) is 4. The summed E-state index contributed by atoms with van der Waals surface area (Å²) in [5.74, 6) is 1.52. The molecule has 0 N–H and O–H groups in total. The minimum atomic E-state index is -0.463. The van der Waals surface area contributed by atoms with Gasteiger partial charge >= 0.3 is 0 Å². The molecule has 1 spiro atoms. The molecule has 4 heteroatoms. The van der Waals surface area contributed by atoms with Crippen molar-refractivity contribution in [3.05, 3.63) is 181 Å². The van der Waals surface area contributed by atoms with E-state index in [-0.39, 0.29) is 0 Å². The molecule has 2 aliphatic rings. The molecule has 10 rings (SSSR count). The third-order valence-corrected chi connectivity index (χ3v) is 9.92. The molecule has 0 unspecified atom stereocenters. The highest BCUT2D eigenvalue weighted by Crippen LogP contribution is 2.63. The quantitative estimate of drug-likeness (QED) is 0.201. The van der Waals surface area contributed by atoms with Crippen LogP contribution in [0.1, 0.15) is 22.3 Å². The van der Waals surface area contributed by atoms with Gasteiger partial charge in [0.05, 0.1) is 17.8 Å². The Balaban J connectivity index is 1.22. The van der Waals surface area contributed by atoms with Crippen LogP contribution in [0.2, 0.25) is 0 Å². The monoisotopic (exact) mass is 602 g/mol. The number of rotatable bonds is 4. The van der Waals surface area contributed by atoms with Crippen molar-refractivity contribution in [3.63, 3.8) is 0 Å². The van der Waals surface area contributed by atoms with Gasteiger partial charge in [-0.1, -0.05) is 109 Å². The van der Waals surface area contributed by atoms with Gasteiger partial charge in [-0.05, 0) is 91.0 Å². The van der Waals surface area contributed by atoms with Crippen LogP contribution >= 0.6 is 0 Å². The van der Waals surface area contributed by atoms with Crippen LogP contribution in [0.4, 0.5) is 0 Å². The summed E-state index contributed by atoms with van der Waals surface area (Å²) in [6, 6.07) is 48.9. The second kappa shape index (κ2) is 9.87. The summed E-state index contributed by atoms with van der Waals surface area (Å²) in [4.78, 5) is 8.27. The maximum Gasteiger partial charge on any atom is 0.181 e. The predicted molar refractivity (Wildman–Crippen MR) is 185 cm³/mol. The highest BCUT2D eigenvalue weighted by molar-refractivity contribution is 5.97. The first-order valence-electron chi connectivity index (χ1n) is 15.8. The van der Waals surface area contributed by atoms with Crippen LogP contribution in [-0.4, -0.2) is 9.97 Å². The number of aromatic nitrogens is 2. The Hall–Kier alpha value is -6.26. The van der Waals surface area contributed by atoms with Gasteiger partial charge in [-0.15, -0.1) is 0 Å². The molecule has 2 aliphatic carbocycles. The molecule has 6 aromatic carbocycles. The van der Waals surface area contributed by atoms with Crippen LogP contribution in [0.25, 0.3) is 67.2 Å². The van der Waals surface area contributed by atoms with Crippen LogP contribution < -0.4 is 0 Å². The Bertz CT molecular complexity index is 2300. The van der Waals surface area contributed by atoms with E-state index in [1.165, 1.54) is 68.4 Å². The molecule has 8 aromatic rings. The van der Waals surface area contributed by atoms with Crippen LogP contribution in [0.3, 0.4) is 0 Å². The first-order valence-corrected chi connectivity index (χ1v) is 15.8. The van der Waals surface area contributed by atoms with Crippen molar-refractivity contribution in [2.24, 2.45) is 0 Å². The molecule has 0 atom stereocenters. The van der Waals surface area contributed by atoms with Crippen molar-refractivity contribution < 1.29 is 8.83 Å². The zero-order valence-corrected chi connectivity index (χ0v) is 25.2. The minimum absolute atomic E-state index is 0.463. The molecule has 47 heavy (non-hydrogen) atoms. The Morgan fingerprint density at radius 3 is 1.26 bits per heavy atom. The van der Waals surface area contributed by atoms with E-state index in [4.69, 9.17) is 8.83 Å². The molecule has 0 bridgehead atoms. The van der Waals surface area contributed by atoms with Crippen molar-refractivity contribution in [1.82, 2.24) is 9.97 Å². The van der Waals surface area contributed by atoms with E-state index >= 15 is 0 Å². The lowest BCUT2D eigenvalue weighted by molar-refractivity contribution is 0.571. The SMILES string of the molecule is c1cc(-c2ccc3c(c2)C2(c4ccccc4-c4ccccc42)c2cc(-c4cccc(-c5cnco5)c4)ccc2-3)cc(-c2cnco2)c1. The van der Waals surface area contributed by atoms with Gasteiger partial charge in [0.1, 0.15) is 0 Å². The summed E-state index contributed by atoms with van der Waals surface area (Å²) in [7, 11) is 0. The molecule has 0 aliphatic heterocycles. The zero-order valence-electron chi connectivity index (χ0n) is 25.2. The highest BCUT2D eigenvalue weighted by atomic mass is 16.3. The van der Waals surface area contributed by atoms with Crippen molar-refractivity contribution in [2.45, 2.75) is 5.41 Å². The van der Waals surface area contributed by atoms with Gasteiger partial charge < -0.3 is 8.83 Å². The van der Waals surface area contributed by atoms with Crippen LogP contribution in [-0.2, 0) is 5.41 Å². The summed E-state index contributed by atoms with van der Waals surface area (Å²) in [6.07, 6.45) is 6.48. The molecular weight excluding hydrogens is 576 g/mol. The van der Waals surface area contributed by atoms with E-state index in [2.05, 4.69) is 143 Å². The van der Waals surface area contributed by atoms with E-state index in [0.29, 0.717) is 0 Å². The van der Waals surface area contributed by atoms with Gasteiger partial charge in [0.2, 0.25) is 0 Å². The first-order chi connectivity index (χ1) is 23.3. The molecular formula is C43H26N2O2. The number of benzene rings is 6. The maximum absolute atomic E-state index is 5.64. The summed E-state index contributed by atoms with van der Waals surface area (Å²) in [5, 5.41) is 0. The smallest absolute Gasteiger partial charge is 0.181 e. The fraction of sp³-hybridized carbons (Fsp3) is 0.0233. The average Bonchev–Trinajstić information content (AvgIpc) is 3.96. The third kappa shape index (κ3) is 3.70. The Morgan fingerprint density at radius 1 is 0.362 bits per heavy atom. The Kier molecular flexibility index (Phi) is 5.46. The van der Waals surface area contributed by atoms with E-state index < -0.39 is 5.41 Å².